The molecule has 0 radical (unpaired) electrons. The van der Waals surface area contributed by atoms with Crippen molar-refractivity contribution in [3.8, 4) is 0 Å². The van der Waals surface area contributed by atoms with Crippen LogP contribution in [0, 0.1) is 0 Å². The Kier molecular flexibility index (Phi) is 3.11. The van der Waals surface area contributed by atoms with E-state index in [-0.39, 0.29) is 0 Å². The SMILES string of the molecule is NC1CCC(OCc2nnc3n2CCCC3)C1. The third-order valence-corrected chi connectivity index (χ3v) is 3.81. The second-order valence-electron chi connectivity index (χ2n) is 5.15. The van der Waals surface area contributed by atoms with Crippen molar-refractivity contribution in [1.82, 2.24) is 14.8 Å². The summed E-state index contributed by atoms with van der Waals surface area (Å²) in [5, 5.41) is 8.46. The minimum atomic E-state index is 0.321. The molecule has 1 aliphatic carbocycles. The summed E-state index contributed by atoms with van der Waals surface area (Å²) in [5.74, 6) is 2.11. The number of fused-ring (bicyclic) bond motifs is 1. The van der Waals surface area contributed by atoms with Gasteiger partial charge < -0.3 is 15.0 Å². The predicted octanol–water partition coefficient (Wildman–Crippen LogP) is 1.01. The fourth-order valence-electron chi connectivity index (χ4n) is 2.79. The van der Waals surface area contributed by atoms with Crippen molar-refractivity contribution in [3.05, 3.63) is 11.6 Å². The van der Waals surface area contributed by atoms with E-state index < -0.39 is 0 Å². The van der Waals surface area contributed by atoms with E-state index in [1.807, 2.05) is 0 Å². The molecule has 2 unspecified atom stereocenters. The molecule has 2 atom stereocenters. The summed E-state index contributed by atoms with van der Waals surface area (Å²) in [4.78, 5) is 0. The van der Waals surface area contributed by atoms with Crippen LogP contribution in [-0.2, 0) is 24.3 Å². The number of nitrogens with two attached hydrogens (primary N) is 1. The van der Waals surface area contributed by atoms with Gasteiger partial charge >= 0.3 is 0 Å². The highest BCUT2D eigenvalue weighted by atomic mass is 16.5. The summed E-state index contributed by atoms with van der Waals surface area (Å²) in [5.41, 5.74) is 5.87. The van der Waals surface area contributed by atoms with Crippen LogP contribution in [0.15, 0.2) is 0 Å². The van der Waals surface area contributed by atoms with Crippen molar-refractivity contribution in [2.45, 2.75) is 63.8 Å². The minimum Gasteiger partial charge on any atom is -0.370 e. The first-order valence-electron chi connectivity index (χ1n) is 6.61. The van der Waals surface area contributed by atoms with Gasteiger partial charge in [-0.1, -0.05) is 0 Å². The summed E-state index contributed by atoms with van der Waals surface area (Å²) < 4.78 is 8.10. The molecular weight excluding hydrogens is 216 g/mol. The molecule has 1 aliphatic heterocycles. The molecule has 1 saturated carbocycles. The zero-order valence-electron chi connectivity index (χ0n) is 10.1. The molecule has 3 rings (SSSR count). The third-order valence-electron chi connectivity index (χ3n) is 3.81. The van der Waals surface area contributed by atoms with Crippen molar-refractivity contribution in [2.75, 3.05) is 0 Å². The Morgan fingerprint density at radius 1 is 1.29 bits per heavy atom. The van der Waals surface area contributed by atoms with Gasteiger partial charge in [-0.15, -0.1) is 10.2 Å². The largest absolute Gasteiger partial charge is 0.370 e. The van der Waals surface area contributed by atoms with Crippen molar-refractivity contribution in [3.63, 3.8) is 0 Å². The maximum atomic E-state index is 5.88. The first-order chi connectivity index (χ1) is 8.33. The normalized spacial score (nSPS) is 28.3. The Hall–Kier alpha value is -0.940. The summed E-state index contributed by atoms with van der Waals surface area (Å²) in [6.45, 7) is 1.63. The topological polar surface area (TPSA) is 66.0 Å². The van der Waals surface area contributed by atoms with E-state index in [2.05, 4.69) is 14.8 Å². The number of aryl methyl sites for hydroxylation is 1. The van der Waals surface area contributed by atoms with Crippen LogP contribution in [0.5, 0.6) is 0 Å². The zero-order chi connectivity index (χ0) is 11.7. The number of hydrogen-bond acceptors (Lipinski definition) is 4. The van der Waals surface area contributed by atoms with Gasteiger partial charge in [0.1, 0.15) is 12.4 Å². The van der Waals surface area contributed by atoms with Gasteiger partial charge in [-0.05, 0) is 32.1 Å². The Morgan fingerprint density at radius 3 is 3.06 bits per heavy atom. The number of rotatable bonds is 3. The van der Waals surface area contributed by atoms with Crippen LogP contribution in [0.4, 0.5) is 0 Å². The average molecular weight is 236 g/mol. The summed E-state index contributed by atoms with van der Waals surface area (Å²) in [6.07, 6.45) is 7.00. The third kappa shape index (κ3) is 2.35. The highest BCUT2D eigenvalue weighted by Gasteiger charge is 2.23. The fourth-order valence-corrected chi connectivity index (χ4v) is 2.79. The van der Waals surface area contributed by atoms with Gasteiger partial charge in [0, 0.05) is 19.0 Å². The molecule has 1 aromatic rings. The van der Waals surface area contributed by atoms with E-state index in [0.29, 0.717) is 18.8 Å². The summed E-state index contributed by atoms with van der Waals surface area (Å²) in [6, 6.07) is 0.326. The second-order valence-corrected chi connectivity index (χ2v) is 5.15. The average Bonchev–Trinajstić information content (AvgIpc) is 2.93. The molecule has 0 bridgehead atoms. The molecule has 2 aliphatic rings. The lowest BCUT2D eigenvalue weighted by molar-refractivity contribution is 0.0388. The summed E-state index contributed by atoms with van der Waals surface area (Å²) in [7, 11) is 0. The maximum absolute atomic E-state index is 5.88. The second kappa shape index (κ2) is 4.74. The maximum Gasteiger partial charge on any atom is 0.159 e. The standard InChI is InChI=1S/C12H20N4O/c13-9-4-5-10(7-9)17-8-12-15-14-11-3-1-2-6-16(11)12/h9-10H,1-8,13H2. The molecule has 1 aromatic heterocycles. The van der Waals surface area contributed by atoms with E-state index in [4.69, 9.17) is 10.5 Å². The van der Waals surface area contributed by atoms with E-state index in [1.54, 1.807) is 0 Å². The molecule has 94 valence electrons. The lowest BCUT2D eigenvalue weighted by atomic mass is 10.2. The van der Waals surface area contributed by atoms with Gasteiger partial charge in [-0.25, -0.2) is 0 Å². The van der Waals surface area contributed by atoms with Crippen LogP contribution in [0.3, 0.4) is 0 Å². The van der Waals surface area contributed by atoms with E-state index in [0.717, 1.165) is 43.9 Å². The molecule has 1 fully saturated rings. The van der Waals surface area contributed by atoms with E-state index in [9.17, 15) is 0 Å². The van der Waals surface area contributed by atoms with Gasteiger partial charge in [0.2, 0.25) is 0 Å². The number of aromatic nitrogens is 3. The van der Waals surface area contributed by atoms with Gasteiger partial charge in [0.25, 0.3) is 0 Å². The van der Waals surface area contributed by atoms with E-state index >= 15 is 0 Å². The molecule has 5 nitrogen and oxygen atoms in total. The Labute approximate surface area is 101 Å². The molecule has 2 heterocycles. The van der Waals surface area contributed by atoms with Crippen LogP contribution in [0.25, 0.3) is 0 Å². The molecule has 0 saturated heterocycles. The highest BCUT2D eigenvalue weighted by Crippen LogP contribution is 2.22. The van der Waals surface area contributed by atoms with Gasteiger partial charge in [-0.3, -0.25) is 0 Å². The molecule has 0 amide bonds. The van der Waals surface area contributed by atoms with Gasteiger partial charge in [0.15, 0.2) is 5.82 Å². The van der Waals surface area contributed by atoms with Crippen molar-refractivity contribution < 1.29 is 4.74 Å². The highest BCUT2D eigenvalue weighted by molar-refractivity contribution is 4.98. The molecule has 17 heavy (non-hydrogen) atoms. The summed E-state index contributed by atoms with van der Waals surface area (Å²) >= 11 is 0. The van der Waals surface area contributed by atoms with Crippen molar-refractivity contribution in [1.29, 1.82) is 0 Å². The van der Waals surface area contributed by atoms with Gasteiger partial charge in [-0.2, -0.15) is 0 Å². The van der Waals surface area contributed by atoms with Crippen molar-refractivity contribution in [2.24, 2.45) is 5.73 Å². The van der Waals surface area contributed by atoms with Crippen LogP contribution >= 0.6 is 0 Å². The first kappa shape index (κ1) is 11.2. The monoisotopic (exact) mass is 236 g/mol. The van der Waals surface area contributed by atoms with Crippen LogP contribution in [-0.4, -0.2) is 26.9 Å². The smallest absolute Gasteiger partial charge is 0.159 e. The molecular formula is C12H20N4O. The fraction of sp³-hybridized carbons (Fsp3) is 0.833. The molecule has 0 spiro atoms. The number of nitrogens with zero attached hydrogens (tertiary/aromatic N) is 3. The number of hydrogen-bond donors (Lipinski definition) is 1. The Bertz CT molecular complexity index is 390. The lowest BCUT2D eigenvalue weighted by Gasteiger charge is -2.16. The Morgan fingerprint density at radius 2 is 2.24 bits per heavy atom. The molecule has 5 heteroatoms. The van der Waals surface area contributed by atoms with Crippen LogP contribution in [0.1, 0.15) is 43.8 Å². The Balaban J connectivity index is 1.60. The first-order valence-corrected chi connectivity index (χ1v) is 6.61. The van der Waals surface area contributed by atoms with Crippen LogP contribution < -0.4 is 5.73 Å². The van der Waals surface area contributed by atoms with Crippen molar-refractivity contribution >= 4 is 0 Å². The number of ether oxygens (including phenoxy) is 1. The van der Waals surface area contributed by atoms with Crippen LogP contribution in [0.2, 0.25) is 0 Å². The molecule has 2 N–H and O–H groups in total. The predicted molar refractivity (Wildman–Crippen MR) is 63.4 cm³/mol. The molecule has 0 aromatic carbocycles. The quantitative estimate of drug-likeness (QED) is 0.850. The minimum absolute atomic E-state index is 0.321. The zero-order valence-corrected chi connectivity index (χ0v) is 10.1. The lowest BCUT2D eigenvalue weighted by Crippen LogP contribution is -2.19. The van der Waals surface area contributed by atoms with Gasteiger partial charge in [0.05, 0.1) is 6.10 Å². The van der Waals surface area contributed by atoms with E-state index in [1.165, 1.54) is 12.8 Å².